The Bertz CT molecular complexity index is 415. The molecule has 1 aromatic rings. The predicted octanol–water partition coefficient (Wildman–Crippen LogP) is 0.780. The van der Waals surface area contributed by atoms with E-state index in [2.05, 4.69) is 5.32 Å². The van der Waals surface area contributed by atoms with Crippen LogP contribution in [0.1, 0.15) is 25.3 Å². The highest BCUT2D eigenvalue weighted by molar-refractivity contribution is 5.94. The van der Waals surface area contributed by atoms with Crippen molar-refractivity contribution >= 4 is 17.5 Å². The maximum absolute atomic E-state index is 11.7. The highest BCUT2D eigenvalue weighted by atomic mass is 16.2. The van der Waals surface area contributed by atoms with Crippen molar-refractivity contribution in [1.82, 2.24) is 0 Å². The Morgan fingerprint density at radius 2 is 1.89 bits per heavy atom. The van der Waals surface area contributed by atoms with E-state index in [1.165, 1.54) is 0 Å². The maximum atomic E-state index is 11.7. The lowest BCUT2D eigenvalue weighted by Crippen LogP contribution is -2.35. The van der Waals surface area contributed by atoms with Gasteiger partial charge in [-0.2, -0.15) is 0 Å². The quantitative estimate of drug-likeness (QED) is 0.694. The topological polar surface area (TPSA) is 98.2 Å². The van der Waals surface area contributed by atoms with Gasteiger partial charge in [0.25, 0.3) is 0 Å². The van der Waals surface area contributed by atoms with E-state index in [9.17, 15) is 9.59 Å². The standard InChI is InChI=1S/C13H19N3O2/c1-2-3-11(14)13(18)16-10-6-4-9(5-7-10)8-12(15)17/h4-7,11H,2-3,8,14H2,1H3,(H2,15,17)(H,16,18)/t11-/m0/s1. The normalized spacial score (nSPS) is 11.9. The minimum atomic E-state index is -0.486. The number of hydrogen-bond donors (Lipinski definition) is 3. The van der Waals surface area contributed by atoms with Gasteiger partial charge >= 0.3 is 0 Å². The first kappa shape index (κ1) is 14.2. The molecular formula is C13H19N3O2. The van der Waals surface area contributed by atoms with Crippen LogP contribution in [0.25, 0.3) is 0 Å². The Labute approximate surface area is 107 Å². The molecule has 0 unspecified atom stereocenters. The maximum Gasteiger partial charge on any atom is 0.241 e. The summed E-state index contributed by atoms with van der Waals surface area (Å²) >= 11 is 0. The van der Waals surface area contributed by atoms with Gasteiger partial charge in [-0.3, -0.25) is 9.59 Å². The largest absolute Gasteiger partial charge is 0.369 e. The molecule has 0 aliphatic heterocycles. The van der Waals surface area contributed by atoms with Crippen molar-refractivity contribution in [2.24, 2.45) is 11.5 Å². The Hall–Kier alpha value is -1.88. The summed E-state index contributed by atoms with van der Waals surface area (Å²) in [6.45, 7) is 1.98. The molecule has 2 amide bonds. The third-order valence-electron chi connectivity index (χ3n) is 2.54. The number of nitrogens with two attached hydrogens (primary N) is 2. The smallest absolute Gasteiger partial charge is 0.241 e. The summed E-state index contributed by atoms with van der Waals surface area (Å²) in [4.78, 5) is 22.4. The van der Waals surface area contributed by atoms with Crippen molar-refractivity contribution in [2.75, 3.05) is 5.32 Å². The van der Waals surface area contributed by atoms with Crippen LogP contribution >= 0.6 is 0 Å². The molecule has 0 aliphatic carbocycles. The van der Waals surface area contributed by atoms with Gasteiger partial charge in [-0.05, 0) is 24.1 Å². The van der Waals surface area contributed by atoms with Gasteiger partial charge < -0.3 is 16.8 Å². The van der Waals surface area contributed by atoms with Gasteiger partial charge in [0.2, 0.25) is 11.8 Å². The van der Waals surface area contributed by atoms with Gasteiger partial charge in [-0.1, -0.05) is 25.5 Å². The number of carbonyl (C=O) groups excluding carboxylic acids is 2. The summed E-state index contributed by atoms with van der Waals surface area (Å²) in [7, 11) is 0. The van der Waals surface area contributed by atoms with E-state index >= 15 is 0 Å². The van der Waals surface area contributed by atoms with Crippen molar-refractivity contribution in [3.05, 3.63) is 29.8 Å². The number of carbonyl (C=O) groups is 2. The second-order valence-electron chi connectivity index (χ2n) is 4.22. The van der Waals surface area contributed by atoms with Gasteiger partial charge in [-0.25, -0.2) is 0 Å². The zero-order chi connectivity index (χ0) is 13.5. The molecule has 5 nitrogen and oxygen atoms in total. The molecule has 0 spiro atoms. The molecule has 18 heavy (non-hydrogen) atoms. The fourth-order valence-electron chi connectivity index (χ4n) is 1.58. The van der Waals surface area contributed by atoms with Crippen molar-refractivity contribution in [3.63, 3.8) is 0 Å². The molecule has 0 radical (unpaired) electrons. The highest BCUT2D eigenvalue weighted by Crippen LogP contribution is 2.10. The van der Waals surface area contributed by atoms with Crippen LogP contribution in [0, 0.1) is 0 Å². The monoisotopic (exact) mass is 249 g/mol. The molecule has 98 valence electrons. The highest BCUT2D eigenvalue weighted by Gasteiger charge is 2.12. The molecule has 0 bridgehead atoms. The third-order valence-corrected chi connectivity index (χ3v) is 2.54. The molecule has 1 atom stereocenters. The SMILES string of the molecule is CCC[C@H](N)C(=O)Nc1ccc(CC(N)=O)cc1. The van der Waals surface area contributed by atoms with Crippen LogP contribution in [-0.2, 0) is 16.0 Å². The molecule has 0 saturated carbocycles. The van der Waals surface area contributed by atoms with Crippen LogP contribution in [-0.4, -0.2) is 17.9 Å². The molecular weight excluding hydrogens is 230 g/mol. The Kier molecular flexibility index (Phi) is 5.32. The summed E-state index contributed by atoms with van der Waals surface area (Å²) in [5.41, 5.74) is 12.3. The molecule has 5 N–H and O–H groups in total. The summed E-state index contributed by atoms with van der Waals surface area (Å²) < 4.78 is 0. The fourth-order valence-corrected chi connectivity index (χ4v) is 1.58. The molecule has 0 aromatic heterocycles. The first-order valence-electron chi connectivity index (χ1n) is 5.96. The molecule has 0 heterocycles. The molecule has 0 aliphatic rings. The molecule has 0 fully saturated rings. The average Bonchev–Trinajstić information content (AvgIpc) is 2.31. The Morgan fingerprint density at radius 3 is 2.39 bits per heavy atom. The number of anilines is 1. The lowest BCUT2D eigenvalue weighted by molar-refractivity contribution is -0.118. The van der Waals surface area contributed by atoms with E-state index in [1.54, 1.807) is 24.3 Å². The van der Waals surface area contributed by atoms with Gasteiger partial charge in [-0.15, -0.1) is 0 Å². The van der Waals surface area contributed by atoms with E-state index in [0.29, 0.717) is 12.1 Å². The van der Waals surface area contributed by atoms with Crippen molar-refractivity contribution in [3.8, 4) is 0 Å². The first-order chi connectivity index (χ1) is 8.52. The Morgan fingerprint density at radius 1 is 1.28 bits per heavy atom. The van der Waals surface area contributed by atoms with E-state index in [-0.39, 0.29) is 18.2 Å². The van der Waals surface area contributed by atoms with E-state index in [0.717, 1.165) is 12.0 Å². The van der Waals surface area contributed by atoms with Gasteiger partial charge in [0.1, 0.15) is 0 Å². The molecule has 0 saturated heterocycles. The van der Waals surface area contributed by atoms with Crippen LogP contribution in [0.2, 0.25) is 0 Å². The van der Waals surface area contributed by atoms with Gasteiger partial charge in [0.15, 0.2) is 0 Å². The second kappa shape index (κ2) is 6.76. The average molecular weight is 249 g/mol. The Balaban J connectivity index is 2.58. The van der Waals surface area contributed by atoms with Crippen molar-refractivity contribution < 1.29 is 9.59 Å². The molecule has 5 heteroatoms. The summed E-state index contributed by atoms with van der Waals surface area (Å²) in [6, 6.07) is 6.49. The zero-order valence-corrected chi connectivity index (χ0v) is 10.5. The third kappa shape index (κ3) is 4.55. The van der Waals surface area contributed by atoms with Gasteiger partial charge in [0.05, 0.1) is 12.5 Å². The summed E-state index contributed by atoms with van der Waals surface area (Å²) in [6.07, 6.45) is 1.72. The van der Waals surface area contributed by atoms with Gasteiger partial charge in [0, 0.05) is 5.69 Å². The second-order valence-corrected chi connectivity index (χ2v) is 4.22. The molecule has 1 aromatic carbocycles. The zero-order valence-electron chi connectivity index (χ0n) is 10.5. The number of primary amides is 1. The number of rotatable bonds is 6. The van der Waals surface area contributed by atoms with E-state index in [1.807, 2.05) is 6.92 Å². The van der Waals surface area contributed by atoms with Crippen LogP contribution in [0.4, 0.5) is 5.69 Å². The fraction of sp³-hybridized carbons (Fsp3) is 0.385. The number of benzene rings is 1. The first-order valence-corrected chi connectivity index (χ1v) is 5.96. The lowest BCUT2D eigenvalue weighted by atomic mass is 10.1. The van der Waals surface area contributed by atoms with Crippen molar-refractivity contribution in [1.29, 1.82) is 0 Å². The minimum absolute atomic E-state index is 0.195. The number of hydrogen-bond acceptors (Lipinski definition) is 3. The summed E-state index contributed by atoms with van der Waals surface area (Å²) in [5.74, 6) is -0.573. The lowest BCUT2D eigenvalue weighted by Gasteiger charge is -2.11. The molecule has 1 rings (SSSR count). The number of amides is 2. The minimum Gasteiger partial charge on any atom is -0.369 e. The van der Waals surface area contributed by atoms with Crippen LogP contribution in [0.3, 0.4) is 0 Å². The van der Waals surface area contributed by atoms with Crippen LogP contribution in [0.15, 0.2) is 24.3 Å². The van der Waals surface area contributed by atoms with Crippen LogP contribution < -0.4 is 16.8 Å². The van der Waals surface area contributed by atoms with E-state index < -0.39 is 6.04 Å². The number of nitrogens with one attached hydrogen (secondary N) is 1. The summed E-state index contributed by atoms with van der Waals surface area (Å²) in [5, 5.41) is 2.73. The van der Waals surface area contributed by atoms with Crippen LogP contribution in [0.5, 0.6) is 0 Å². The van der Waals surface area contributed by atoms with Crippen molar-refractivity contribution in [2.45, 2.75) is 32.2 Å². The predicted molar refractivity (Wildman–Crippen MR) is 70.9 cm³/mol. The van der Waals surface area contributed by atoms with E-state index in [4.69, 9.17) is 11.5 Å².